The molecule has 1 aromatic rings. The minimum Gasteiger partial charge on any atom is -0.309 e. The zero-order valence-electron chi connectivity index (χ0n) is 9.52. The molecule has 0 aliphatic heterocycles. The first-order chi connectivity index (χ1) is 8.29. The van der Waals surface area contributed by atoms with Gasteiger partial charge in [-0.15, -0.1) is 0 Å². The first-order valence-corrected chi connectivity index (χ1v) is 6.93. The van der Waals surface area contributed by atoms with Crippen molar-refractivity contribution >= 4 is 35.0 Å². The number of rotatable bonds is 5. The van der Waals surface area contributed by atoms with Gasteiger partial charge in [0.25, 0.3) is 0 Å². The van der Waals surface area contributed by atoms with E-state index >= 15 is 0 Å². The second-order valence-electron chi connectivity index (χ2n) is 3.64. The molecule has 1 aromatic carbocycles. The van der Waals surface area contributed by atoms with Crippen LogP contribution in [-0.4, -0.2) is 17.8 Å². The summed E-state index contributed by atoms with van der Waals surface area (Å²) < 4.78 is 35.8. The van der Waals surface area contributed by atoms with Crippen molar-refractivity contribution in [2.75, 3.05) is 12.3 Å². The maximum absolute atomic E-state index is 11.9. The minimum absolute atomic E-state index is 0.0357. The van der Waals surface area contributed by atoms with E-state index in [9.17, 15) is 13.2 Å². The normalized spacial score (nSPS) is 13.7. The minimum atomic E-state index is -4.18. The summed E-state index contributed by atoms with van der Waals surface area (Å²) >= 11 is 11.8. The molecule has 1 rings (SSSR count). The van der Waals surface area contributed by atoms with Crippen LogP contribution in [0, 0.1) is 0 Å². The second-order valence-corrected chi connectivity index (χ2v) is 5.64. The Kier molecular flexibility index (Phi) is 6.11. The molecule has 0 bridgehead atoms. The van der Waals surface area contributed by atoms with Crippen molar-refractivity contribution in [1.29, 1.82) is 0 Å². The molecule has 18 heavy (non-hydrogen) atoms. The Hall–Kier alpha value is -0.100. The van der Waals surface area contributed by atoms with Crippen LogP contribution < -0.4 is 5.32 Å². The highest BCUT2D eigenvalue weighted by Gasteiger charge is 2.27. The summed E-state index contributed by atoms with van der Waals surface area (Å²) in [5.41, 5.74) is -3.40. The SMILES string of the molecule is CC(NCCSC(F)(F)F)c1cc(Cl)ccc1Cl. The lowest BCUT2D eigenvalue weighted by Crippen LogP contribution is -2.22. The number of benzene rings is 1. The lowest BCUT2D eigenvalue weighted by Gasteiger charge is -2.16. The van der Waals surface area contributed by atoms with E-state index in [4.69, 9.17) is 23.2 Å². The summed E-state index contributed by atoms with van der Waals surface area (Å²) in [6, 6.07) is 4.89. The van der Waals surface area contributed by atoms with Crippen molar-refractivity contribution in [3.05, 3.63) is 33.8 Å². The Morgan fingerprint density at radius 3 is 2.61 bits per heavy atom. The van der Waals surface area contributed by atoms with Gasteiger partial charge in [-0.25, -0.2) is 0 Å². The fourth-order valence-electron chi connectivity index (χ4n) is 1.40. The molecule has 0 saturated carbocycles. The zero-order valence-corrected chi connectivity index (χ0v) is 11.9. The highest BCUT2D eigenvalue weighted by atomic mass is 35.5. The van der Waals surface area contributed by atoms with Gasteiger partial charge in [0.15, 0.2) is 0 Å². The smallest absolute Gasteiger partial charge is 0.309 e. The van der Waals surface area contributed by atoms with E-state index in [1.807, 2.05) is 6.92 Å². The number of hydrogen-bond acceptors (Lipinski definition) is 2. The van der Waals surface area contributed by atoms with Gasteiger partial charge in [-0.3, -0.25) is 0 Å². The van der Waals surface area contributed by atoms with Crippen LogP contribution in [0.2, 0.25) is 10.0 Å². The third-order valence-electron chi connectivity index (χ3n) is 2.24. The van der Waals surface area contributed by atoms with E-state index in [-0.39, 0.29) is 30.1 Å². The van der Waals surface area contributed by atoms with Crippen molar-refractivity contribution in [2.24, 2.45) is 0 Å². The zero-order chi connectivity index (χ0) is 13.8. The van der Waals surface area contributed by atoms with Crippen LogP contribution in [0.1, 0.15) is 18.5 Å². The highest BCUT2D eigenvalue weighted by Crippen LogP contribution is 2.30. The van der Waals surface area contributed by atoms with Crippen molar-refractivity contribution in [3.8, 4) is 0 Å². The van der Waals surface area contributed by atoms with Gasteiger partial charge in [0.1, 0.15) is 0 Å². The molecule has 0 radical (unpaired) electrons. The molecule has 7 heteroatoms. The molecule has 102 valence electrons. The van der Waals surface area contributed by atoms with Crippen molar-refractivity contribution in [2.45, 2.75) is 18.5 Å². The summed E-state index contributed by atoms with van der Waals surface area (Å²) in [6.45, 7) is 2.07. The highest BCUT2D eigenvalue weighted by molar-refractivity contribution is 8.00. The predicted molar refractivity (Wildman–Crippen MR) is 71.4 cm³/mol. The van der Waals surface area contributed by atoms with Crippen LogP contribution in [0.3, 0.4) is 0 Å². The predicted octanol–water partition coefficient (Wildman–Crippen LogP) is 4.90. The molecular weight excluding hydrogens is 306 g/mol. The van der Waals surface area contributed by atoms with Gasteiger partial charge >= 0.3 is 5.51 Å². The standard InChI is InChI=1S/C11H12Cl2F3NS/c1-7(17-4-5-18-11(14,15)16)9-6-8(12)2-3-10(9)13/h2-3,6-7,17H,4-5H2,1H3. The van der Waals surface area contributed by atoms with Gasteiger partial charge in [0.05, 0.1) is 0 Å². The third kappa shape index (κ3) is 5.69. The number of hydrogen-bond donors (Lipinski definition) is 1. The third-order valence-corrected chi connectivity index (χ3v) is 3.56. The van der Waals surface area contributed by atoms with E-state index in [2.05, 4.69) is 5.32 Å². The molecule has 0 aliphatic carbocycles. The van der Waals surface area contributed by atoms with Crippen molar-refractivity contribution in [3.63, 3.8) is 0 Å². The maximum atomic E-state index is 11.9. The van der Waals surface area contributed by atoms with Gasteiger partial charge < -0.3 is 5.32 Å². The molecule has 0 spiro atoms. The Bertz CT molecular complexity index is 398. The molecule has 0 saturated heterocycles. The molecule has 1 nitrogen and oxygen atoms in total. The Balaban J connectivity index is 2.45. The van der Waals surface area contributed by atoms with Crippen LogP contribution in [-0.2, 0) is 0 Å². The van der Waals surface area contributed by atoms with Crippen LogP contribution in [0.25, 0.3) is 0 Å². The molecule has 0 aromatic heterocycles. The molecular formula is C11H12Cl2F3NS. The molecule has 0 aliphatic rings. The lowest BCUT2D eigenvalue weighted by atomic mass is 10.1. The fourth-order valence-corrected chi connectivity index (χ4v) is 2.31. The summed E-state index contributed by atoms with van der Waals surface area (Å²) in [5.74, 6) is -0.0357. The van der Waals surface area contributed by atoms with E-state index in [1.54, 1.807) is 18.2 Å². The van der Waals surface area contributed by atoms with Gasteiger partial charge in [0, 0.05) is 28.4 Å². The first-order valence-electron chi connectivity index (χ1n) is 5.18. The van der Waals surface area contributed by atoms with E-state index in [0.717, 1.165) is 5.56 Å². The summed E-state index contributed by atoms with van der Waals surface area (Å²) in [5, 5.41) is 4.07. The van der Waals surface area contributed by atoms with Crippen LogP contribution in [0.5, 0.6) is 0 Å². The van der Waals surface area contributed by atoms with Crippen LogP contribution in [0.15, 0.2) is 18.2 Å². The maximum Gasteiger partial charge on any atom is 0.441 e. The molecule has 1 N–H and O–H groups in total. The number of alkyl halides is 3. The number of halogens is 5. The fraction of sp³-hybridized carbons (Fsp3) is 0.455. The Morgan fingerprint density at radius 2 is 2.00 bits per heavy atom. The topological polar surface area (TPSA) is 12.0 Å². The molecule has 0 heterocycles. The summed E-state index contributed by atoms with van der Waals surface area (Å²) in [6.07, 6.45) is 0. The Labute approximate surface area is 118 Å². The second kappa shape index (κ2) is 6.89. The average molecular weight is 318 g/mol. The quantitative estimate of drug-likeness (QED) is 0.775. The number of nitrogens with one attached hydrogen (secondary N) is 1. The number of thioether (sulfide) groups is 1. The molecule has 1 atom stereocenters. The summed E-state index contributed by atoms with van der Waals surface area (Å²) in [4.78, 5) is 0. The van der Waals surface area contributed by atoms with Gasteiger partial charge in [-0.2, -0.15) is 13.2 Å². The van der Waals surface area contributed by atoms with E-state index in [0.29, 0.717) is 10.0 Å². The van der Waals surface area contributed by atoms with Crippen molar-refractivity contribution < 1.29 is 13.2 Å². The Morgan fingerprint density at radius 1 is 1.33 bits per heavy atom. The first kappa shape index (κ1) is 16.0. The molecule has 1 unspecified atom stereocenters. The van der Waals surface area contributed by atoms with Gasteiger partial charge in [0.2, 0.25) is 0 Å². The largest absolute Gasteiger partial charge is 0.441 e. The lowest BCUT2D eigenvalue weighted by molar-refractivity contribution is -0.0327. The van der Waals surface area contributed by atoms with Crippen LogP contribution in [0.4, 0.5) is 13.2 Å². The average Bonchev–Trinajstić information content (AvgIpc) is 2.26. The molecule has 0 amide bonds. The van der Waals surface area contributed by atoms with E-state index < -0.39 is 5.51 Å². The van der Waals surface area contributed by atoms with Crippen molar-refractivity contribution in [1.82, 2.24) is 5.32 Å². The van der Waals surface area contributed by atoms with Gasteiger partial charge in [-0.05, 0) is 42.4 Å². The molecule has 0 fully saturated rings. The van der Waals surface area contributed by atoms with Crippen LogP contribution >= 0.6 is 35.0 Å². The summed E-state index contributed by atoms with van der Waals surface area (Å²) in [7, 11) is 0. The van der Waals surface area contributed by atoms with E-state index in [1.165, 1.54) is 0 Å². The monoisotopic (exact) mass is 317 g/mol. The van der Waals surface area contributed by atoms with Gasteiger partial charge in [-0.1, -0.05) is 23.2 Å².